The van der Waals surface area contributed by atoms with E-state index in [9.17, 15) is 12.8 Å². The number of nitrogens with one attached hydrogen (secondary N) is 2. The first-order chi connectivity index (χ1) is 15.5. The van der Waals surface area contributed by atoms with E-state index in [2.05, 4.69) is 15.0 Å². The molecule has 5 aromatic rings. The van der Waals surface area contributed by atoms with Crippen molar-refractivity contribution in [1.29, 1.82) is 0 Å². The van der Waals surface area contributed by atoms with Crippen LogP contribution in [0.25, 0.3) is 33.3 Å². The first-order valence-electron chi connectivity index (χ1n) is 10.3. The van der Waals surface area contributed by atoms with Crippen LogP contribution in [0.4, 0.5) is 4.39 Å². The van der Waals surface area contributed by atoms with E-state index in [0.29, 0.717) is 29.8 Å². The Bertz CT molecular complexity index is 1590. The number of halogens is 1. The van der Waals surface area contributed by atoms with Crippen LogP contribution in [0.2, 0.25) is 0 Å². The number of fused-ring (bicyclic) bond motifs is 4. The van der Waals surface area contributed by atoms with Crippen molar-refractivity contribution in [3.63, 3.8) is 0 Å². The van der Waals surface area contributed by atoms with Crippen molar-refractivity contribution in [2.45, 2.75) is 17.9 Å². The molecular formula is C24H19FN4O2S. The van der Waals surface area contributed by atoms with Crippen molar-refractivity contribution in [3.8, 4) is 11.4 Å². The van der Waals surface area contributed by atoms with Gasteiger partial charge in [-0.1, -0.05) is 30.3 Å². The van der Waals surface area contributed by atoms with E-state index in [1.165, 1.54) is 16.4 Å². The van der Waals surface area contributed by atoms with Gasteiger partial charge in [0.05, 0.1) is 15.9 Å². The van der Waals surface area contributed by atoms with E-state index in [4.69, 9.17) is 0 Å². The fraction of sp³-hybridized carbons (Fsp3) is 0.125. The van der Waals surface area contributed by atoms with Crippen LogP contribution < -0.4 is 0 Å². The largest absolute Gasteiger partial charge is 0.358 e. The molecule has 0 aliphatic carbocycles. The Balaban J connectivity index is 1.37. The molecule has 0 atom stereocenters. The number of H-pyrrole nitrogens is 2. The van der Waals surface area contributed by atoms with Gasteiger partial charge in [-0.25, -0.2) is 17.8 Å². The van der Waals surface area contributed by atoms with E-state index >= 15 is 0 Å². The minimum atomic E-state index is -3.73. The average Bonchev–Trinajstić information content (AvgIpc) is 3.40. The highest BCUT2D eigenvalue weighted by molar-refractivity contribution is 7.89. The van der Waals surface area contributed by atoms with Gasteiger partial charge in [0.1, 0.15) is 11.6 Å². The molecule has 6 nitrogen and oxygen atoms in total. The second-order valence-corrected chi connectivity index (χ2v) is 9.93. The number of rotatable bonds is 3. The Morgan fingerprint density at radius 3 is 2.62 bits per heavy atom. The van der Waals surface area contributed by atoms with Crippen LogP contribution in [0.3, 0.4) is 0 Å². The lowest BCUT2D eigenvalue weighted by Crippen LogP contribution is -2.35. The Labute approximate surface area is 183 Å². The van der Waals surface area contributed by atoms with Gasteiger partial charge >= 0.3 is 0 Å². The summed E-state index contributed by atoms with van der Waals surface area (Å²) in [5.74, 6) is 0.358. The molecule has 32 heavy (non-hydrogen) atoms. The second-order valence-electron chi connectivity index (χ2n) is 7.99. The zero-order chi connectivity index (χ0) is 21.9. The predicted octanol–water partition coefficient (Wildman–Crippen LogP) is 4.60. The molecular weight excluding hydrogens is 427 g/mol. The Morgan fingerprint density at radius 1 is 0.938 bits per heavy atom. The molecule has 2 aromatic heterocycles. The van der Waals surface area contributed by atoms with E-state index < -0.39 is 10.0 Å². The van der Waals surface area contributed by atoms with Gasteiger partial charge in [-0.05, 0) is 42.0 Å². The standard InChI is InChI=1S/C24H19FN4O2S/c25-16-6-8-20-18(12-16)19-14-29(11-10-21(19)26-20)32(30,31)17-7-9-22-23(13-17)28-24(27-22)15-4-2-1-3-5-15/h1-9,12-13,26H,10-11,14H2,(H,27,28). The number of benzene rings is 3. The summed E-state index contributed by atoms with van der Waals surface area (Å²) in [5.41, 5.74) is 4.93. The van der Waals surface area contributed by atoms with Gasteiger partial charge in [-0.3, -0.25) is 0 Å². The summed E-state index contributed by atoms with van der Waals surface area (Å²) in [6, 6.07) is 19.2. The van der Waals surface area contributed by atoms with Crippen molar-refractivity contribution >= 4 is 32.0 Å². The maximum absolute atomic E-state index is 13.8. The molecule has 3 aromatic carbocycles. The second kappa shape index (κ2) is 7.01. The van der Waals surface area contributed by atoms with Gasteiger partial charge in [0.15, 0.2) is 0 Å². The maximum Gasteiger partial charge on any atom is 0.243 e. The highest BCUT2D eigenvalue weighted by Crippen LogP contribution is 2.32. The van der Waals surface area contributed by atoms with Crippen LogP contribution in [0.5, 0.6) is 0 Å². The fourth-order valence-electron chi connectivity index (χ4n) is 4.40. The smallest absolute Gasteiger partial charge is 0.243 e. The fourth-order valence-corrected chi connectivity index (χ4v) is 5.83. The molecule has 0 radical (unpaired) electrons. The van der Waals surface area contributed by atoms with Gasteiger partial charge in [0, 0.05) is 41.7 Å². The van der Waals surface area contributed by atoms with Crippen LogP contribution in [0, 0.1) is 5.82 Å². The predicted molar refractivity (Wildman–Crippen MR) is 121 cm³/mol. The summed E-state index contributed by atoms with van der Waals surface area (Å²) in [5, 5.41) is 0.733. The third-order valence-corrected chi connectivity index (χ3v) is 7.88. The van der Waals surface area contributed by atoms with Crippen LogP contribution in [-0.4, -0.2) is 34.2 Å². The summed E-state index contributed by atoms with van der Waals surface area (Å²) < 4.78 is 42.2. The third kappa shape index (κ3) is 3.03. The summed E-state index contributed by atoms with van der Waals surface area (Å²) in [6.45, 7) is 0.568. The summed E-state index contributed by atoms with van der Waals surface area (Å²) in [6.07, 6.45) is 0.551. The lowest BCUT2D eigenvalue weighted by atomic mass is 10.1. The van der Waals surface area contributed by atoms with Gasteiger partial charge in [0.2, 0.25) is 10.0 Å². The van der Waals surface area contributed by atoms with Gasteiger partial charge in [-0.2, -0.15) is 4.31 Å². The average molecular weight is 447 g/mol. The highest BCUT2D eigenvalue weighted by atomic mass is 32.2. The maximum atomic E-state index is 13.8. The molecule has 8 heteroatoms. The number of aromatic nitrogens is 3. The molecule has 0 amide bonds. The zero-order valence-corrected chi connectivity index (χ0v) is 17.8. The van der Waals surface area contributed by atoms with Gasteiger partial charge < -0.3 is 9.97 Å². The molecule has 0 fully saturated rings. The van der Waals surface area contributed by atoms with E-state index in [0.717, 1.165) is 27.7 Å². The van der Waals surface area contributed by atoms with E-state index in [1.54, 1.807) is 24.3 Å². The Kier molecular flexibility index (Phi) is 4.21. The molecule has 1 aliphatic rings. The topological polar surface area (TPSA) is 81.8 Å². The lowest BCUT2D eigenvalue weighted by Gasteiger charge is -2.26. The first-order valence-corrected chi connectivity index (χ1v) is 11.8. The lowest BCUT2D eigenvalue weighted by molar-refractivity contribution is 0.391. The molecule has 2 N–H and O–H groups in total. The van der Waals surface area contributed by atoms with Crippen molar-refractivity contribution in [2.75, 3.05) is 6.54 Å². The molecule has 0 saturated heterocycles. The summed E-state index contributed by atoms with van der Waals surface area (Å²) in [7, 11) is -3.73. The summed E-state index contributed by atoms with van der Waals surface area (Å²) in [4.78, 5) is 11.3. The number of hydrogen-bond donors (Lipinski definition) is 2. The molecule has 1 aliphatic heterocycles. The minimum Gasteiger partial charge on any atom is -0.358 e. The molecule has 0 saturated carbocycles. The monoisotopic (exact) mass is 446 g/mol. The molecule has 160 valence electrons. The minimum absolute atomic E-state index is 0.206. The number of sulfonamides is 1. The van der Waals surface area contributed by atoms with Crippen LogP contribution in [0.1, 0.15) is 11.3 Å². The number of nitrogens with zero attached hydrogens (tertiary/aromatic N) is 2. The Morgan fingerprint density at radius 2 is 1.78 bits per heavy atom. The van der Waals surface area contributed by atoms with Crippen LogP contribution in [-0.2, 0) is 23.0 Å². The van der Waals surface area contributed by atoms with Gasteiger partial charge in [-0.15, -0.1) is 0 Å². The molecule has 3 heterocycles. The molecule has 6 rings (SSSR count). The SMILES string of the molecule is O=S(=O)(c1ccc2nc(-c3ccccc3)[nH]c2c1)N1CCc2[nH]c3ccc(F)cc3c2C1. The number of imidazole rings is 1. The van der Waals surface area contributed by atoms with Crippen LogP contribution >= 0.6 is 0 Å². The van der Waals surface area contributed by atoms with Crippen molar-refractivity contribution in [3.05, 3.63) is 83.8 Å². The molecule has 0 unspecified atom stereocenters. The van der Waals surface area contributed by atoms with Crippen molar-refractivity contribution < 1.29 is 12.8 Å². The number of hydrogen-bond acceptors (Lipinski definition) is 3. The molecule has 0 spiro atoms. The number of aromatic amines is 2. The third-order valence-electron chi connectivity index (χ3n) is 6.04. The molecule has 0 bridgehead atoms. The quantitative estimate of drug-likeness (QED) is 0.425. The van der Waals surface area contributed by atoms with Gasteiger partial charge in [0.25, 0.3) is 0 Å². The summed E-state index contributed by atoms with van der Waals surface area (Å²) >= 11 is 0. The van der Waals surface area contributed by atoms with Crippen molar-refractivity contribution in [2.24, 2.45) is 0 Å². The normalized spacial score (nSPS) is 14.8. The van der Waals surface area contributed by atoms with Crippen LogP contribution in [0.15, 0.2) is 71.6 Å². The highest BCUT2D eigenvalue weighted by Gasteiger charge is 2.30. The first kappa shape index (κ1) is 19.2. The Hall–Kier alpha value is -3.49. The van der Waals surface area contributed by atoms with E-state index in [1.807, 2.05) is 30.3 Å². The zero-order valence-electron chi connectivity index (χ0n) is 17.0. The van der Waals surface area contributed by atoms with E-state index in [-0.39, 0.29) is 17.3 Å². The van der Waals surface area contributed by atoms with Crippen molar-refractivity contribution in [1.82, 2.24) is 19.3 Å².